The van der Waals surface area contributed by atoms with Crippen molar-refractivity contribution >= 4 is 17.4 Å². The molecule has 5 heteroatoms. The monoisotopic (exact) mass is 278 g/mol. The van der Waals surface area contributed by atoms with E-state index in [0.29, 0.717) is 18.7 Å². The molecular weight excluding hydrogens is 259 g/mol. The number of hydrogen-bond donors (Lipinski definition) is 1. The van der Waals surface area contributed by atoms with Gasteiger partial charge in [0.25, 0.3) is 0 Å². The predicted octanol–water partition coefficient (Wildman–Crippen LogP) is 2.12. The highest BCUT2D eigenvalue weighted by Gasteiger charge is 2.25. The Morgan fingerprint density at radius 3 is 2.85 bits per heavy atom. The molecule has 1 amide bonds. The molecule has 0 saturated carbocycles. The fourth-order valence-corrected chi connectivity index (χ4v) is 2.86. The van der Waals surface area contributed by atoms with E-state index in [1.165, 1.54) is 13.0 Å². The van der Waals surface area contributed by atoms with Gasteiger partial charge in [0.15, 0.2) is 5.78 Å². The smallest absolute Gasteiger partial charge is 0.217 e. The van der Waals surface area contributed by atoms with Crippen LogP contribution in [-0.2, 0) is 4.79 Å². The standard InChI is InChI=1S/C15H19FN2O2/c1-10(19)15-12(16)5-2-6-13(15)18-7-3-4-11(9-18)8-14(17)20/h2,5-6,11H,3-4,7-9H2,1H3,(H2,17,20). The third-order valence-corrected chi connectivity index (χ3v) is 3.69. The molecule has 1 aliphatic rings. The van der Waals surface area contributed by atoms with Gasteiger partial charge in [0, 0.05) is 19.5 Å². The van der Waals surface area contributed by atoms with Gasteiger partial charge in [0.2, 0.25) is 5.91 Å². The van der Waals surface area contributed by atoms with Crippen LogP contribution in [0.4, 0.5) is 10.1 Å². The number of piperidine rings is 1. The summed E-state index contributed by atoms with van der Waals surface area (Å²) in [4.78, 5) is 24.7. The number of carbonyl (C=O) groups is 2. The molecule has 1 aromatic carbocycles. The third-order valence-electron chi connectivity index (χ3n) is 3.69. The quantitative estimate of drug-likeness (QED) is 0.858. The maximum absolute atomic E-state index is 13.8. The number of Topliss-reactive ketones (excluding diaryl/α,β-unsaturated/α-hetero) is 1. The number of rotatable bonds is 4. The van der Waals surface area contributed by atoms with E-state index in [-0.39, 0.29) is 23.2 Å². The van der Waals surface area contributed by atoms with Gasteiger partial charge in [-0.1, -0.05) is 6.07 Å². The van der Waals surface area contributed by atoms with E-state index in [2.05, 4.69) is 0 Å². The summed E-state index contributed by atoms with van der Waals surface area (Å²) in [6.45, 7) is 2.76. The van der Waals surface area contributed by atoms with Crippen LogP contribution in [0, 0.1) is 11.7 Å². The van der Waals surface area contributed by atoms with E-state index >= 15 is 0 Å². The van der Waals surface area contributed by atoms with Crippen molar-refractivity contribution in [3.8, 4) is 0 Å². The Labute approximate surface area is 117 Å². The Bertz CT molecular complexity index is 531. The summed E-state index contributed by atoms with van der Waals surface area (Å²) in [5.74, 6) is -0.922. The fraction of sp³-hybridized carbons (Fsp3) is 0.467. The van der Waals surface area contributed by atoms with E-state index in [4.69, 9.17) is 5.73 Å². The van der Waals surface area contributed by atoms with Gasteiger partial charge in [-0.2, -0.15) is 0 Å². The topological polar surface area (TPSA) is 63.4 Å². The Morgan fingerprint density at radius 2 is 2.20 bits per heavy atom. The summed E-state index contributed by atoms with van der Waals surface area (Å²) in [6.07, 6.45) is 2.18. The minimum atomic E-state index is -0.493. The lowest BCUT2D eigenvalue weighted by atomic mass is 9.93. The van der Waals surface area contributed by atoms with E-state index in [1.807, 2.05) is 4.90 Å². The lowest BCUT2D eigenvalue weighted by molar-refractivity contribution is -0.118. The van der Waals surface area contributed by atoms with Crippen LogP contribution in [0.15, 0.2) is 18.2 Å². The fourth-order valence-electron chi connectivity index (χ4n) is 2.86. The van der Waals surface area contributed by atoms with Crippen LogP contribution in [0.25, 0.3) is 0 Å². The highest BCUT2D eigenvalue weighted by molar-refractivity contribution is 6.00. The first-order chi connectivity index (χ1) is 9.49. The Hall–Kier alpha value is -1.91. The summed E-state index contributed by atoms with van der Waals surface area (Å²) in [5, 5.41) is 0. The number of nitrogens with two attached hydrogens (primary N) is 1. The number of hydrogen-bond acceptors (Lipinski definition) is 3. The molecule has 1 unspecified atom stereocenters. The second kappa shape index (κ2) is 6.03. The normalized spacial score (nSPS) is 18.9. The molecule has 0 aromatic heterocycles. The number of nitrogens with zero attached hydrogens (tertiary/aromatic N) is 1. The first kappa shape index (κ1) is 14.5. The summed E-state index contributed by atoms with van der Waals surface area (Å²) in [7, 11) is 0. The lowest BCUT2D eigenvalue weighted by Crippen LogP contribution is -2.38. The summed E-state index contributed by atoms with van der Waals surface area (Å²) < 4.78 is 13.8. The zero-order valence-corrected chi connectivity index (χ0v) is 11.6. The number of primary amides is 1. The van der Waals surface area contributed by atoms with Gasteiger partial charge in [0.1, 0.15) is 5.82 Å². The van der Waals surface area contributed by atoms with Gasteiger partial charge < -0.3 is 10.6 Å². The van der Waals surface area contributed by atoms with Crippen molar-refractivity contribution in [1.29, 1.82) is 0 Å². The minimum absolute atomic E-state index is 0.132. The zero-order valence-electron chi connectivity index (χ0n) is 11.6. The van der Waals surface area contributed by atoms with Crippen LogP contribution in [0.1, 0.15) is 36.5 Å². The van der Waals surface area contributed by atoms with Crippen molar-refractivity contribution in [1.82, 2.24) is 0 Å². The van der Waals surface area contributed by atoms with Crippen molar-refractivity contribution in [3.63, 3.8) is 0 Å². The van der Waals surface area contributed by atoms with Gasteiger partial charge >= 0.3 is 0 Å². The molecule has 1 heterocycles. The van der Waals surface area contributed by atoms with Crippen molar-refractivity contribution in [2.45, 2.75) is 26.2 Å². The van der Waals surface area contributed by atoms with Crippen LogP contribution < -0.4 is 10.6 Å². The van der Waals surface area contributed by atoms with Crippen LogP contribution >= 0.6 is 0 Å². The highest BCUT2D eigenvalue weighted by atomic mass is 19.1. The minimum Gasteiger partial charge on any atom is -0.371 e. The third kappa shape index (κ3) is 3.15. The molecule has 2 rings (SSSR count). The van der Waals surface area contributed by atoms with E-state index < -0.39 is 5.82 Å². The molecule has 1 aromatic rings. The maximum Gasteiger partial charge on any atom is 0.217 e. The van der Waals surface area contributed by atoms with Crippen LogP contribution in [0.3, 0.4) is 0 Å². The van der Waals surface area contributed by atoms with Gasteiger partial charge in [-0.15, -0.1) is 0 Å². The molecule has 0 spiro atoms. The first-order valence-electron chi connectivity index (χ1n) is 6.81. The van der Waals surface area contributed by atoms with Gasteiger partial charge in [0.05, 0.1) is 11.3 Å². The molecule has 20 heavy (non-hydrogen) atoms. The Balaban J connectivity index is 2.25. The molecule has 1 atom stereocenters. The Kier molecular flexibility index (Phi) is 4.37. The molecule has 0 aliphatic carbocycles. The molecule has 108 valence electrons. The van der Waals surface area contributed by atoms with Crippen LogP contribution in [-0.4, -0.2) is 24.8 Å². The number of amides is 1. The van der Waals surface area contributed by atoms with E-state index in [0.717, 1.165) is 19.4 Å². The second-order valence-corrected chi connectivity index (χ2v) is 5.31. The number of benzene rings is 1. The van der Waals surface area contributed by atoms with Crippen LogP contribution in [0.2, 0.25) is 0 Å². The maximum atomic E-state index is 13.8. The van der Waals surface area contributed by atoms with Crippen molar-refractivity contribution in [2.75, 3.05) is 18.0 Å². The van der Waals surface area contributed by atoms with E-state index in [1.54, 1.807) is 12.1 Å². The molecule has 1 fully saturated rings. The van der Waals surface area contributed by atoms with Gasteiger partial charge in [-0.3, -0.25) is 9.59 Å². The van der Waals surface area contributed by atoms with Crippen molar-refractivity contribution in [2.24, 2.45) is 11.7 Å². The summed E-state index contributed by atoms with van der Waals surface area (Å²) >= 11 is 0. The lowest BCUT2D eigenvalue weighted by Gasteiger charge is -2.35. The molecule has 2 N–H and O–H groups in total. The number of halogens is 1. The largest absolute Gasteiger partial charge is 0.371 e. The van der Waals surface area contributed by atoms with Crippen molar-refractivity contribution in [3.05, 3.63) is 29.6 Å². The molecule has 1 saturated heterocycles. The summed E-state index contributed by atoms with van der Waals surface area (Å²) in [5.41, 5.74) is 5.99. The molecule has 4 nitrogen and oxygen atoms in total. The summed E-state index contributed by atoms with van der Waals surface area (Å²) in [6, 6.07) is 4.66. The van der Waals surface area contributed by atoms with Gasteiger partial charge in [-0.25, -0.2) is 4.39 Å². The van der Waals surface area contributed by atoms with Crippen molar-refractivity contribution < 1.29 is 14.0 Å². The average molecular weight is 278 g/mol. The molecule has 0 radical (unpaired) electrons. The molecule has 0 bridgehead atoms. The number of ketones is 1. The second-order valence-electron chi connectivity index (χ2n) is 5.31. The highest BCUT2D eigenvalue weighted by Crippen LogP contribution is 2.29. The Morgan fingerprint density at radius 1 is 1.45 bits per heavy atom. The zero-order chi connectivity index (χ0) is 14.7. The molecular formula is C15H19FN2O2. The number of anilines is 1. The average Bonchev–Trinajstić information content (AvgIpc) is 2.37. The molecule has 1 aliphatic heterocycles. The van der Waals surface area contributed by atoms with Gasteiger partial charge in [-0.05, 0) is 37.8 Å². The van der Waals surface area contributed by atoms with E-state index in [9.17, 15) is 14.0 Å². The first-order valence-corrected chi connectivity index (χ1v) is 6.81. The number of carbonyl (C=O) groups excluding carboxylic acids is 2. The van der Waals surface area contributed by atoms with Crippen LogP contribution in [0.5, 0.6) is 0 Å². The predicted molar refractivity (Wildman–Crippen MR) is 75.2 cm³/mol. The SMILES string of the molecule is CC(=O)c1c(F)cccc1N1CCCC(CC(N)=O)C1.